The summed E-state index contributed by atoms with van der Waals surface area (Å²) in [6, 6.07) is 14.3. The van der Waals surface area contributed by atoms with Gasteiger partial charge in [-0.1, -0.05) is 30.7 Å². The zero-order valence-corrected chi connectivity index (χ0v) is 18.7. The summed E-state index contributed by atoms with van der Waals surface area (Å²) in [5, 5.41) is 8.68. The topological polar surface area (TPSA) is 105 Å². The van der Waals surface area contributed by atoms with Crippen LogP contribution in [0.3, 0.4) is 0 Å². The highest BCUT2D eigenvalue weighted by atomic mass is 127. The summed E-state index contributed by atoms with van der Waals surface area (Å²) in [5.41, 5.74) is 3.74. The lowest BCUT2D eigenvalue weighted by atomic mass is 9.60. The number of aromatic nitrogens is 1. The first kappa shape index (κ1) is 20.4. The molecule has 0 saturated heterocycles. The summed E-state index contributed by atoms with van der Waals surface area (Å²) in [5.74, 6) is -0.606. The average Bonchev–Trinajstić information content (AvgIpc) is 3.06. The van der Waals surface area contributed by atoms with Crippen LogP contribution in [0.1, 0.15) is 40.7 Å². The van der Waals surface area contributed by atoms with Gasteiger partial charge in [0, 0.05) is 27.1 Å². The molecule has 0 unspecified atom stereocenters. The van der Waals surface area contributed by atoms with E-state index in [0.29, 0.717) is 5.56 Å². The second-order valence-corrected chi connectivity index (χ2v) is 10.5. The molecule has 0 radical (unpaired) electrons. The molecule has 1 aliphatic rings. The molecule has 1 saturated carbocycles. The first-order valence-electron chi connectivity index (χ1n) is 9.45. The number of para-hydroxylation sites is 1. The van der Waals surface area contributed by atoms with Gasteiger partial charge in [-0.2, -0.15) is 0 Å². The van der Waals surface area contributed by atoms with Gasteiger partial charge in [0.15, 0.2) is 0 Å². The van der Waals surface area contributed by atoms with E-state index in [9.17, 15) is 13.2 Å². The number of amides is 1. The maximum atomic E-state index is 12.6. The van der Waals surface area contributed by atoms with E-state index in [1.165, 1.54) is 21.1 Å². The number of nitrogens with one attached hydrogen (secondary N) is 2. The molecule has 8 heteroatoms. The molecule has 1 amide bonds. The third-order valence-corrected chi connectivity index (χ3v) is 7.24. The van der Waals surface area contributed by atoms with E-state index in [0.717, 1.165) is 23.7 Å². The number of hydrogen-bond donors (Lipinski definition) is 3. The van der Waals surface area contributed by atoms with Gasteiger partial charge in [0.2, 0.25) is 10.0 Å². The van der Waals surface area contributed by atoms with Crippen molar-refractivity contribution in [3.05, 3.63) is 68.9 Å². The van der Waals surface area contributed by atoms with Crippen LogP contribution < -0.4 is 10.5 Å². The molecule has 29 heavy (non-hydrogen) atoms. The van der Waals surface area contributed by atoms with E-state index in [1.807, 2.05) is 18.3 Å². The monoisotopic (exact) mass is 523 g/mol. The highest BCUT2D eigenvalue weighted by Crippen LogP contribution is 2.51. The van der Waals surface area contributed by atoms with Crippen LogP contribution >= 0.6 is 22.6 Å². The number of carbonyl (C=O) groups is 1. The summed E-state index contributed by atoms with van der Waals surface area (Å²) in [6.07, 6.45) is 5.34. The third kappa shape index (κ3) is 3.93. The van der Waals surface area contributed by atoms with Crippen molar-refractivity contribution in [2.45, 2.75) is 24.7 Å². The van der Waals surface area contributed by atoms with E-state index in [-0.39, 0.29) is 23.6 Å². The van der Waals surface area contributed by atoms with Crippen LogP contribution in [0, 0.1) is 3.57 Å². The molecule has 1 fully saturated rings. The van der Waals surface area contributed by atoms with Crippen molar-refractivity contribution in [2.24, 2.45) is 5.14 Å². The molecule has 1 aliphatic carbocycles. The highest BCUT2D eigenvalue weighted by molar-refractivity contribution is 14.1. The third-order valence-electron chi connectivity index (χ3n) is 5.75. The first-order chi connectivity index (χ1) is 13.8. The Kier molecular flexibility index (Phi) is 5.43. The quantitative estimate of drug-likeness (QED) is 0.432. The lowest BCUT2D eigenvalue weighted by molar-refractivity contribution is 0.0957. The SMILES string of the molecule is NS(=O)(=O)CCNC(=O)c1cccc2c(C3(c4ccc(I)cc4)CCC3)c[nH]c12. The lowest BCUT2D eigenvalue weighted by Gasteiger charge is -2.42. The van der Waals surface area contributed by atoms with Gasteiger partial charge in [0.05, 0.1) is 16.8 Å². The van der Waals surface area contributed by atoms with Crippen LogP contribution in [0.15, 0.2) is 48.7 Å². The minimum Gasteiger partial charge on any atom is -0.360 e. The number of nitrogens with two attached hydrogens (primary N) is 1. The molecule has 4 N–H and O–H groups in total. The number of H-pyrrole nitrogens is 1. The Morgan fingerprint density at radius 1 is 1.17 bits per heavy atom. The van der Waals surface area contributed by atoms with E-state index in [4.69, 9.17) is 5.14 Å². The molecule has 0 bridgehead atoms. The summed E-state index contributed by atoms with van der Waals surface area (Å²) >= 11 is 2.31. The van der Waals surface area contributed by atoms with Crippen molar-refractivity contribution in [3.8, 4) is 0 Å². The predicted octanol–water partition coefficient (Wildman–Crippen LogP) is 3.26. The Bertz CT molecular complexity index is 1170. The predicted molar refractivity (Wildman–Crippen MR) is 122 cm³/mol. The molecule has 1 heterocycles. The van der Waals surface area contributed by atoms with Crippen molar-refractivity contribution in [1.29, 1.82) is 0 Å². The fraction of sp³-hybridized carbons (Fsp3) is 0.286. The number of primary sulfonamides is 1. The number of sulfonamides is 1. The second kappa shape index (κ2) is 7.73. The Morgan fingerprint density at radius 2 is 1.90 bits per heavy atom. The second-order valence-electron chi connectivity index (χ2n) is 7.50. The fourth-order valence-corrected chi connectivity index (χ4v) is 4.90. The minimum atomic E-state index is -3.61. The minimum absolute atomic E-state index is 0.0196. The molecular formula is C21H22IN3O3S. The summed E-state index contributed by atoms with van der Waals surface area (Å²) < 4.78 is 23.4. The number of hydrogen-bond acceptors (Lipinski definition) is 3. The molecule has 152 valence electrons. The zero-order valence-electron chi connectivity index (χ0n) is 15.7. The van der Waals surface area contributed by atoms with E-state index >= 15 is 0 Å². The van der Waals surface area contributed by atoms with E-state index in [2.05, 4.69) is 57.2 Å². The maximum Gasteiger partial charge on any atom is 0.253 e. The normalized spacial score (nSPS) is 15.8. The van der Waals surface area contributed by atoms with Gasteiger partial charge in [0.1, 0.15) is 0 Å². The molecule has 0 spiro atoms. The molecule has 6 nitrogen and oxygen atoms in total. The Labute approximate surface area is 183 Å². The van der Waals surface area contributed by atoms with Crippen LogP contribution in [0.25, 0.3) is 10.9 Å². The Hall–Kier alpha value is -1.91. The highest BCUT2D eigenvalue weighted by Gasteiger charge is 2.42. The average molecular weight is 523 g/mol. The molecule has 0 atom stereocenters. The smallest absolute Gasteiger partial charge is 0.253 e. The van der Waals surface area contributed by atoms with Crippen LogP contribution in [0.2, 0.25) is 0 Å². The largest absolute Gasteiger partial charge is 0.360 e. The van der Waals surface area contributed by atoms with Crippen molar-refractivity contribution >= 4 is 49.4 Å². The summed E-state index contributed by atoms with van der Waals surface area (Å²) in [4.78, 5) is 15.9. The van der Waals surface area contributed by atoms with Crippen molar-refractivity contribution < 1.29 is 13.2 Å². The molecular weight excluding hydrogens is 501 g/mol. The van der Waals surface area contributed by atoms with Gasteiger partial charge >= 0.3 is 0 Å². The zero-order chi connectivity index (χ0) is 20.6. The van der Waals surface area contributed by atoms with E-state index in [1.54, 1.807) is 6.07 Å². The summed E-state index contributed by atoms with van der Waals surface area (Å²) in [6.45, 7) is -0.0196. The Morgan fingerprint density at radius 3 is 2.52 bits per heavy atom. The first-order valence-corrected chi connectivity index (χ1v) is 12.2. The van der Waals surface area contributed by atoms with Gasteiger partial charge in [0.25, 0.3) is 5.91 Å². The number of aromatic amines is 1. The molecule has 0 aliphatic heterocycles. The van der Waals surface area contributed by atoms with Crippen molar-refractivity contribution in [2.75, 3.05) is 12.3 Å². The number of fused-ring (bicyclic) bond motifs is 1. The molecule has 1 aromatic heterocycles. The van der Waals surface area contributed by atoms with Crippen molar-refractivity contribution in [1.82, 2.24) is 10.3 Å². The number of benzene rings is 2. The lowest BCUT2D eigenvalue weighted by Crippen LogP contribution is -2.35. The molecule has 2 aromatic carbocycles. The fourth-order valence-electron chi connectivity index (χ4n) is 4.15. The molecule has 4 rings (SSSR count). The van der Waals surface area contributed by atoms with Gasteiger partial charge in [-0.3, -0.25) is 4.79 Å². The van der Waals surface area contributed by atoms with Gasteiger partial charge in [-0.25, -0.2) is 13.6 Å². The van der Waals surface area contributed by atoms with Crippen molar-refractivity contribution in [3.63, 3.8) is 0 Å². The van der Waals surface area contributed by atoms with Gasteiger partial charge < -0.3 is 10.3 Å². The number of rotatable bonds is 6. The maximum absolute atomic E-state index is 12.6. The van der Waals surface area contributed by atoms with Gasteiger partial charge in [-0.05, 0) is 64.8 Å². The van der Waals surface area contributed by atoms with Crippen LogP contribution in [0.4, 0.5) is 0 Å². The standard InChI is InChI=1S/C21H22IN3O3S/c22-15-7-5-14(6-8-15)21(9-2-10-21)18-13-25-19-16(18)3-1-4-17(19)20(26)24-11-12-29(23,27)28/h1,3-8,13,25H,2,9-12H2,(H,24,26)(H2,23,27,28). The van der Waals surface area contributed by atoms with E-state index < -0.39 is 10.0 Å². The van der Waals surface area contributed by atoms with Crippen LogP contribution in [-0.4, -0.2) is 31.6 Å². The number of carbonyl (C=O) groups excluding carboxylic acids is 1. The van der Waals surface area contributed by atoms with Crippen LogP contribution in [-0.2, 0) is 15.4 Å². The summed E-state index contributed by atoms with van der Waals surface area (Å²) in [7, 11) is -3.61. The number of halogens is 1. The molecule has 3 aromatic rings. The van der Waals surface area contributed by atoms with Crippen LogP contribution in [0.5, 0.6) is 0 Å². The van der Waals surface area contributed by atoms with Gasteiger partial charge in [-0.15, -0.1) is 0 Å². The Balaban J connectivity index is 1.69.